The molecule has 1 fully saturated rings. The Morgan fingerprint density at radius 3 is 2.32 bits per heavy atom. The average molecular weight is 681 g/mol. The number of rotatable bonds is 4. The average Bonchev–Trinajstić information content (AvgIpc) is 3.89. The highest BCUT2D eigenvalue weighted by Gasteiger charge is 2.55. The smallest absolute Gasteiger partial charge is 0.100 e. The molecule has 0 radical (unpaired) electrons. The van der Waals surface area contributed by atoms with Gasteiger partial charge in [0.05, 0.1) is 11.1 Å². The Balaban J connectivity index is 1.10. The van der Waals surface area contributed by atoms with Crippen molar-refractivity contribution in [3.05, 3.63) is 159 Å². The zero-order valence-electron chi connectivity index (χ0n) is 30.4. The van der Waals surface area contributed by atoms with Gasteiger partial charge in [-0.05, 0) is 159 Å². The van der Waals surface area contributed by atoms with E-state index in [1.807, 2.05) is 0 Å². The maximum atomic E-state index is 10.9. The fraction of sp³-hybridized carbons (Fsp3) is 0.216. The number of benzene rings is 6. The molecule has 2 atom stereocenters. The maximum Gasteiger partial charge on any atom is 0.100 e. The van der Waals surface area contributed by atoms with Crippen LogP contribution in [-0.4, -0.2) is 0 Å². The lowest BCUT2D eigenvalue weighted by molar-refractivity contribution is 0.681. The highest BCUT2D eigenvalue weighted by Crippen LogP contribution is 2.66. The summed E-state index contributed by atoms with van der Waals surface area (Å²) in [6.45, 7) is 4.39. The summed E-state index contributed by atoms with van der Waals surface area (Å²) in [4.78, 5) is 0. The van der Waals surface area contributed by atoms with Gasteiger partial charge >= 0.3 is 0 Å². The molecule has 254 valence electrons. The highest BCUT2D eigenvalue weighted by molar-refractivity contribution is 6.02. The van der Waals surface area contributed by atoms with Gasteiger partial charge in [0, 0.05) is 16.5 Å². The SMILES string of the molecule is Cc1ccc(C2=CC3CC3(C)C(c3ccc4ccccc4c3)=C2C#N)c(C#N)c1-c1cccc(-c2ccc3c4c(c5c(c3c2)C=CCC5)CCCC4)c1. The molecule has 0 spiro atoms. The van der Waals surface area contributed by atoms with Crippen LogP contribution in [0.1, 0.15) is 77.1 Å². The van der Waals surface area contributed by atoms with Crippen molar-refractivity contribution in [3.63, 3.8) is 0 Å². The Hall–Kier alpha value is -5.96. The molecule has 0 saturated heterocycles. The number of nitrogens with zero attached hydrogens (tertiary/aromatic N) is 2. The highest BCUT2D eigenvalue weighted by atomic mass is 14.6. The van der Waals surface area contributed by atoms with Crippen molar-refractivity contribution in [1.29, 1.82) is 10.5 Å². The topological polar surface area (TPSA) is 47.6 Å². The van der Waals surface area contributed by atoms with Crippen LogP contribution in [0.25, 0.3) is 61.0 Å². The van der Waals surface area contributed by atoms with Crippen LogP contribution in [0.4, 0.5) is 0 Å². The van der Waals surface area contributed by atoms with E-state index in [4.69, 9.17) is 0 Å². The lowest BCUT2D eigenvalue weighted by Gasteiger charge is -2.26. The summed E-state index contributed by atoms with van der Waals surface area (Å²) >= 11 is 0. The lowest BCUT2D eigenvalue weighted by atomic mass is 9.76. The van der Waals surface area contributed by atoms with E-state index in [2.05, 4.69) is 141 Å². The second kappa shape index (κ2) is 12.0. The van der Waals surface area contributed by atoms with Gasteiger partial charge in [-0.1, -0.05) is 104 Å². The Labute approximate surface area is 312 Å². The van der Waals surface area contributed by atoms with E-state index in [9.17, 15) is 10.5 Å². The molecule has 0 amide bonds. The number of fused-ring (bicyclic) bond motifs is 8. The third-order valence-electron chi connectivity index (χ3n) is 12.8. The van der Waals surface area contributed by atoms with E-state index in [0.29, 0.717) is 17.1 Å². The fourth-order valence-corrected chi connectivity index (χ4v) is 10.0. The summed E-state index contributed by atoms with van der Waals surface area (Å²) in [5, 5.41) is 26.9. The molecule has 10 rings (SSSR count). The molecule has 4 aliphatic rings. The minimum absolute atomic E-state index is 0.0835. The van der Waals surface area contributed by atoms with Crippen LogP contribution in [0.2, 0.25) is 0 Å². The quantitative estimate of drug-likeness (QED) is 0.186. The van der Waals surface area contributed by atoms with Crippen LogP contribution in [0.15, 0.2) is 115 Å². The summed E-state index contributed by atoms with van der Waals surface area (Å²) in [5.74, 6) is 0.329. The Bertz CT molecular complexity index is 2760. The molecular weight excluding hydrogens is 641 g/mol. The van der Waals surface area contributed by atoms with E-state index in [-0.39, 0.29) is 5.41 Å². The summed E-state index contributed by atoms with van der Waals surface area (Å²) in [5.41, 5.74) is 16.7. The van der Waals surface area contributed by atoms with Crippen molar-refractivity contribution >= 4 is 38.8 Å². The number of allylic oxidation sites excluding steroid dienone is 5. The molecule has 0 heterocycles. The van der Waals surface area contributed by atoms with E-state index < -0.39 is 0 Å². The van der Waals surface area contributed by atoms with Crippen LogP contribution in [0.3, 0.4) is 0 Å². The van der Waals surface area contributed by atoms with Crippen molar-refractivity contribution in [3.8, 4) is 34.4 Å². The van der Waals surface area contributed by atoms with Gasteiger partial charge in [0.25, 0.3) is 0 Å². The summed E-state index contributed by atoms with van der Waals surface area (Å²) < 4.78 is 0. The zero-order valence-corrected chi connectivity index (χ0v) is 30.4. The van der Waals surface area contributed by atoms with Crippen LogP contribution in [0.5, 0.6) is 0 Å². The first-order chi connectivity index (χ1) is 26.0. The molecule has 6 aromatic rings. The molecule has 4 aliphatic carbocycles. The molecular formula is C51H40N2. The van der Waals surface area contributed by atoms with Gasteiger partial charge in [0.15, 0.2) is 0 Å². The van der Waals surface area contributed by atoms with E-state index in [1.165, 1.54) is 58.4 Å². The van der Waals surface area contributed by atoms with Crippen molar-refractivity contribution < 1.29 is 0 Å². The van der Waals surface area contributed by atoms with Gasteiger partial charge in [-0.25, -0.2) is 0 Å². The maximum absolute atomic E-state index is 10.9. The summed E-state index contributed by atoms with van der Waals surface area (Å²) in [7, 11) is 0. The number of nitriles is 2. The minimum Gasteiger partial charge on any atom is -0.192 e. The second-order valence-electron chi connectivity index (χ2n) is 15.9. The number of aryl methyl sites for hydroxylation is 2. The summed E-state index contributed by atoms with van der Waals surface area (Å²) in [6, 6.07) is 40.2. The van der Waals surface area contributed by atoms with E-state index in [0.717, 1.165) is 63.8 Å². The van der Waals surface area contributed by atoms with Gasteiger partial charge < -0.3 is 0 Å². The van der Waals surface area contributed by atoms with Crippen molar-refractivity contribution in [2.45, 2.75) is 58.8 Å². The van der Waals surface area contributed by atoms with Gasteiger partial charge in [0.1, 0.15) is 12.1 Å². The Morgan fingerprint density at radius 1 is 0.679 bits per heavy atom. The van der Waals surface area contributed by atoms with Crippen LogP contribution in [0, 0.1) is 40.9 Å². The standard InChI is InChI=1S/C51H40N2/c1-31-18-22-44(46-27-38-28-51(38,2)50(48(46)30-53)37-20-19-32-10-3-4-11-33(32)25-37)47(29-52)49(31)36-13-9-12-34(24-36)35-21-23-43-41-16-6-5-14-39(41)40-15-7-8-17-42(40)45(43)26-35/h3-4,8-13,17-27,38H,5-7,14-16,28H2,1-2H3. The molecule has 2 nitrogen and oxygen atoms in total. The lowest BCUT2D eigenvalue weighted by Crippen LogP contribution is -2.11. The molecule has 0 aliphatic heterocycles. The minimum atomic E-state index is -0.0835. The van der Waals surface area contributed by atoms with Gasteiger partial charge in [-0.15, -0.1) is 0 Å². The predicted octanol–water partition coefficient (Wildman–Crippen LogP) is 12.7. The van der Waals surface area contributed by atoms with Gasteiger partial charge in [0.2, 0.25) is 0 Å². The van der Waals surface area contributed by atoms with Crippen molar-refractivity contribution in [2.75, 3.05) is 0 Å². The molecule has 0 aromatic heterocycles. The fourth-order valence-electron chi connectivity index (χ4n) is 10.0. The van der Waals surface area contributed by atoms with Crippen molar-refractivity contribution in [2.24, 2.45) is 11.3 Å². The molecule has 2 unspecified atom stereocenters. The Morgan fingerprint density at radius 2 is 1.47 bits per heavy atom. The van der Waals surface area contributed by atoms with Gasteiger partial charge in [-0.3, -0.25) is 0 Å². The third kappa shape index (κ3) is 4.90. The normalized spacial score (nSPS) is 19.9. The first-order valence-corrected chi connectivity index (χ1v) is 19.2. The number of hydrogen-bond acceptors (Lipinski definition) is 2. The molecule has 2 heteroatoms. The Kier molecular flexibility index (Phi) is 7.22. The number of hydrogen-bond donors (Lipinski definition) is 0. The van der Waals surface area contributed by atoms with Gasteiger partial charge in [-0.2, -0.15) is 10.5 Å². The first-order valence-electron chi connectivity index (χ1n) is 19.2. The van der Waals surface area contributed by atoms with Crippen LogP contribution >= 0.6 is 0 Å². The first kappa shape index (κ1) is 31.7. The predicted molar refractivity (Wildman–Crippen MR) is 219 cm³/mol. The third-order valence-corrected chi connectivity index (χ3v) is 12.8. The second-order valence-corrected chi connectivity index (χ2v) is 15.9. The zero-order chi connectivity index (χ0) is 35.8. The van der Waals surface area contributed by atoms with Crippen LogP contribution < -0.4 is 0 Å². The van der Waals surface area contributed by atoms with E-state index in [1.54, 1.807) is 16.7 Å². The molecule has 53 heavy (non-hydrogen) atoms. The molecule has 0 bridgehead atoms. The summed E-state index contributed by atoms with van der Waals surface area (Å²) in [6.07, 6.45) is 15.2. The van der Waals surface area contributed by atoms with Crippen LogP contribution in [-0.2, 0) is 19.3 Å². The molecule has 6 aromatic carbocycles. The van der Waals surface area contributed by atoms with E-state index >= 15 is 0 Å². The monoisotopic (exact) mass is 680 g/mol. The molecule has 0 N–H and O–H groups in total. The van der Waals surface area contributed by atoms with Crippen molar-refractivity contribution in [1.82, 2.24) is 0 Å². The molecule has 1 saturated carbocycles. The largest absolute Gasteiger partial charge is 0.192 e.